The Morgan fingerprint density at radius 3 is 2.82 bits per heavy atom. The predicted molar refractivity (Wildman–Crippen MR) is 43.4 cm³/mol. The molecule has 0 saturated carbocycles. The van der Waals surface area contributed by atoms with E-state index in [0.717, 1.165) is 17.1 Å². The van der Waals surface area contributed by atoms with Crippen LogP contribution in [0.5, 0.6) is 5.75 Å². The molecule has 0 aromatic carbocycles. The molecule has 0 bridgehead atoms. The third-order valence-corrected chi connectivity index (χ3v) is 1.48. The molecule has 0 unspecified atom stereocenters. The van der Waals surface area contributed by atoms with E-state index in [2.05, 4.69) is 4.98 Å². The standard InChI is InChI=1S/C8H12N2O/c1-6-3-4-8(11-2)7(5-9)10-6/h3-4H,5,9H2,1-2H3. The number of nitrogens with zero attached hydrogens (tertiary/aromatic N) is 1. The number of pyridine rings is 1. The summed E-state index contributed by atoms with van der Waals surface area (Å²) in [6.07, 6.45) is 0. The Bertz CT molecular complexity index is 248. The second-order valence-electron chi connectivity index (χ2n) is 2.31. The number of methoxy groups -OCH3 is 1. The summed E-state index contributed by atoms with van der Waals surface area (Å²) in [5.41, 5.74) is 7.23. The summed E-state index contributed by atoms with van der Waals surface area (Å²) in [6.45, 7) is 2.35. The average Bonchev–Trinajstić information content (AvgIpc) is 2.04. The van der Waals surface area contributed by atoms with Crippen molar-refractivity contribution in [2.24, 2.45) is 5.73 Å². The van der Waals surface area contributed by atoms with Crippen LogP contribution in [-0.2, 0) is 6.54 Å². The highest BCUT2D eigenvalue weighted by Gasteiger charge is 2.00. The molecule has 3 nitrogen and oxygen atoms in total. The fourth-order valence-corrected chi connectivity index (χ4v) is 0.930. The first-order valence-electron chi connectivity index (χ1n) is 3.48. The fourth-order valence-electron chi connectivity index (χ4n) is 0.930. The highest BCUT2D eigenvalue weighted by Crippen LogP contribution is 2.14. The van der Waals surface area contributed by atoms with Gasteiger partial charge in [-0.2, -0.15) is 0 Å². The Labute approximate surface area is 66.2 Å². The Morgan fingerprint density at radius 1 is 1.55 bits per heavy atom. The topological polar surface area (TPSA) is 48.1 Å². The molecule has 1 rings (SSSR count). The van der Waals surface area contributed by atoms with E-state index < -0.39 is 0 Å². The Morgan fingerprint density at radius 2 is 2.27 bits per heavy atom. The van der Waals surface area contributed by atoms with Gasteiger partial charge in [0, 0.05) is 12.2 Å². The first kappa shape index (κ1) is 8.01. The van der Waals surface area contributed by atoms with E-state index in [0.29, 0.717) is 6.54 Å². The molecule has 60 valence electrons. The summed E-state index contributed by atoms with van der Waals surface area (Å²) >= 11 is 0. The molecule has 1 heterocycles. The van der Waals surface area contributed by atoms with Crippen LogP contribution in [0.1, 0.15) is 11.4 Å². The average molecular weight is 152 g/mol. The van der Waals surface area contributed by atoms with Crippen LogP contribution in [0.2, 0.25) is 0 Å². The van der Waals surface area contributed by atoms with Crippen molar-refractivity contribution in [1.29, 1.82) is 0 Å². The van der Waals surface area contributed by atoms with Crippen molar-refractivity contribution >= 4 is 0 Å². The first-order valence-corrected chi connectivity index (χ1v) is 3.48. The lowest BCUT2D eigenvalue weighted by Crippen LogP contribution is -2.03. The number of aryl methyl sites for hydroxylation is 1. The van der Waals surface area contributed by atoms with Crippen molar-refractivity contribution in [3.63, 3.8) is 0 Å². The molecule has 0 fully saturated rings. The Kier molecular flexibility index (Phi) is 2.44. The summed E-state index contributed by atoms with van der Waals surface area (Å²) in [6, 6.07) is 3.78. The van der Waals surface area contributed by atoms with Crippen LogP contribution in [0.25, 0.3) is 0 Å². The van der Waals surface area contributed by atoms with Gasteiger partial charge in [0.2, 0.25) is 0 Å². The largest absolute Gasteiger partial charge is 0.495 e. The van der Waals surface area contributed by atoms with Crippen LogP contribution in [0, 0.1) is 6.92 Å². The van der Waals surface area contributed by atoms with E-state index in [9.17, 15) is 0 Å². The third kappa shape index (κ3) is 1.68. The molecule has 0 spiro atoms. The molecule has 0 atom stereocenters. The van der Waals surface area contributed by atoms with E-state index >= 15 is 0 Å². The molecular weight excluding hydrogens is 140 g/mol. The molecule has 1 aromatic heterocycles. The Balaban J connectivity index is 3.06. The number of nitrogens with two attached hydrogens (primary N) is 1. The van der Waals surface area contributed by atoms with E-state index in [1.165, 1.54) is 0 Å². The van der Waals surface area contributed by atoms with Gasteiger partial charge in [-0.15, -0.1) is 0 Å². The predicted octanol–water partition coefficient (Wildman–Crippen LogP) is 0.857. The number of ether oxygens (including phenoxy) is 1. The molecule has 0 aliphatic rings. The first-order chi connectivity index (χ1) is 5.27. The maximum atomic E-state index is 5.45. The van der Waals surface area contributed by atoms with Crippen LogP contribution < -0.4 is 10.5 Å². The molecule has 0 radical (unpaired) electrons. The molecule has 3 heteroatoms. The lowest BCUT2D eigenvalue weighted by atomic mass is 10.3. The third-order valence-electron chi connectivity index (χ3n) is 1.48. The van der Waals surface area contributed by atoms with Gasteiger partial charge in [0.1, 0.15) is 5.75 Å². The zero-order valence-electron chi connectivity index (χ0n) is 6.79. The molecule has 1 aromatic rings. The number of hydrogen-bond acceptors (Lipinski definition) is 3. The molecular formula is C8H12N2O. The van der Waals surface area contributed by atoms with Gasteiger partial charge < -0.3 is 10.5 Å². The summed E-state index contributed by atoms with van der Waals surface area (Å²) in [5.74, 6) is 0.762. The van der Waals surface area contributed by atoms with E-state index in [-0.39, 0.29) is 0 Å². The van der Waals surface area contributed by atoms with Crippen molar-refractivity contribution in [2.45, 2.75) is 13.5 Å². The maximum absolute atomic E-state index is 5.45. The van der Waals surface area contributed by atoms with Crippen molar-refractivity contribution in [3.8, 4) is 5.75 Å². The summed E-state index contributed by atoms with van der Waals surface area (Å²) in [5, 5.41) is 0. The van der Waals surface area contributed by atoms with Crippen LogP contribution in [0.3, 0.4) is 0 Å². The van der Waals surface area contributed by atoms with Gasteiger partial charge in [0.15, 0.2) is 0 Å². The molecule has 2 N–H and O–H groups in total. The van der Waals surface area contributed by atoms with Gasteiger partial charge in [-0.05, 0) is 19.1 Å². The van der Waals surface area contributed by atoms with E-state index in [1.54, 1.807) is 7.11 Å². The van der Waals surface area contributed by atoms with Gasteiger partial charge in [0.25, 0.3) is 0 Å². The van der Waals surface area contributed by atoms with Crippen molar-refractivity contribution in [2.75, 3.05) is 7.11 Å². The van der Waals surface area contributed by atoms with Crippen molar-refractivity contribution in [3.05, 3.63) is 23.5 Å². The van der Waals surface area contributed by atoms with Crippen LogP contribution in [0.4, 0.5) is 0 Å². The minimum absolute atomic E-state index is 0.421. The second kappa shape index (κ2) is 3.34. The van der Waals surface area contributed by atoms with Crippen molar-refractivity contribution < 1.29 is 4.74 Å². The van der Waals surface area contributed by atoms with Gasteiger partial charge in [-0.25, -0.2) is 0 Å². The SMILES string of the molecule is COc1ccc(C)nc1CN. The van der Waals surface area contributed by atoms with Gasteiger partial charge in [-0.3, -0.25) is 4.98 Å². The minimum Gasteiger partial charge on any atom is -0.495 e. The number of aromatic nitrogens is 1. The Hall–Kier alpha value is -1.09. The maximum Gasteiger partial charge on any atom is 0.141 e. The molecule has 11 heavy (non-hydrogen) atoms. The van der Waals surface area contributed by atoms with Crippen LogP contribution in [-0.4, -0.2) is 12.1 Å². The molecule has 0 aliphatic heterocycles. The van der Waals surface area contributed by atoms with Gasteiger partial charge in [0.05, 0.1) is 12.8 Å². The van der Waals surface area contributed by atoms with Crippen molar-refractivity contribution in [1.82, 2.24) is 4.98 Å². The lowest BCUT2D eigenvalue weighted by Gasteiger charge is -2.05. The highest BCUT2D eigenvalue weighted by molar-refractivity contribution is 5.28. The monoisotopic (exact) mass is 152 g/mol. The molecule has 0 amide bonds. The zero-order valence-corrected chi connectivity index (χ0v) is 6.79. The van der Waals surface area contributed by atoms with E-state index in [1.807, 2.05) is 19.1 Å². The smallest absolute Gasteiger partial charge is 0.141 e. The normalized spacial score (nSPS) is 9.73. The highest BCUT2D eigenvalue weighted by atomic mass is 16.5. The zero-order chi connectivity index (χ0) is 8.27. The number of hydrogen-bond donors (Lipinski definition) is 1. The van der Waals surface area contributed by atoms with Gasteiger partial charge in [-0.1, -0.05) is 0 Å². The lowest BCUT2D eigenvalue weighted by molar-refractivity contribution is 0.406. The molecule has 0 saturated heterocycles. The molecule has 0 aliphatic carbocycles. The summed E-state index contributed by atoms with van der Waals surface area (Å²) < 4.78 is 5.05. The summed E-state index contributed by atoms with van der Waals surface area (Å²) in [7, 11) is 1.62. The number of rotatable bonds is 2. The van der Waals surface area contributed by atoms with Crippen LogP contribution >= 0.6 is 0 Å². The quantitative estimate of drug-likeness (QED) is 0.683. The fraction of sp³-hybridized carbons (Fsp3) is 0.375. The summed E-state index contributed by atoms with van der Waals surface area (Å²) in [4.78, 5) is 4.21. The van der Waals surface area contributed by atoms with Crippen LogP contribution in [0.15, 0.2) is 12.1 Å². The minimum atomic E-state index is 0.421. The second-order valence-corrected chi connectivity index (χ2v) is 2.31. The van der Waals surface area contributed by atoms with Gasteiger partial charge >= 0.3 is 0 Å². The van der Waals surface area contributed by atoms with E-state index in [4.69, 9.17) is 10.5 Å².